The van der Waals surface area contributed by atoms with Gasteiger partial charge in [0.15, 0.2) is 0 Å². The first kappa shape index (κ1) is 24.8. The van der Waals surface area contributed by atoms with Crippen molar-refractivity contribution in [3.63, 3.8) is 0 Å². The minimum Gasteiger partial charge on any atom is -0.393 e. The second-order valence-electron chi connectivity index (χ2n) is 9.62. The van der Waals surface area contributed by atoms with Gasteiger partial charge in [0.25, 0.3) is 0 Å². The third-order valence-electron chi connectivity index (χ3n) is 6.99. The Balaban J connectivity index is 1.17. The molecule has 0 amide bonds. The molecule has 198 valence electrons. The van der Waals surface area contributed by atoms with Gasteiger partial charge in [-0.15, -0.1) is 5.10 Å². The van der Waals surface area contributed by atoms with Gasteiger partial charge in [0.1, 0.15) is 6.33 Å². The van der Waals surface area contributed by atoms with Crippen molar-refractivity contribution in [1.29, 1.82) is 5.26 Å². The van der Waals surface area contributed by atoms with E-state index in [1.54, 1.807) is 17.2 Å². The molecule has 0 spiro atoms. The second-order valence-corrected chi connectivity index (χ2v) is 9.62. The number of nitriles is 1. The molecule has 2 N–H and O–H groups in total. The van der Waals surface area contributed by atoms with Crippen molar-refractivity contribution in [2.24, 2.45) is 0 Å². The summed E-state index contributed by atoms with van der Waals surface area (Å²) in [5, 5.41) is 27.2. The molecule has 4 heterocycles. The maximum Gasteiger partial charge on any atom is 0.245 e. The first-order valence-corrected chi connectivity index (χ1v) is 13.1. The van der Waals surface area contributed by atoms with Crippen molar-refractivity contribution in [3.05, 3.63) is 66.6 Å². The van der Waals surface area contributed by atoms with Crippen molar-refractivity contribution in [3.8, 4) is 23.0 Å². The summed E-state index contributed by atoms with van der Waals surface area (Å²) in [7, 11) is 0. The number of aliphatic hydroxyl groups excluding tert-OH is 1. The largest absolute Gasteiger partial charge is 0.393 e. The number of aliphatic hydroxyl groups is 1. The zero-order valence-electron chi connectivity index (χ0n) is 21.4. The molecule has 11 nitrogen and oxygen atoms in total. The van der Waals surface area contributed by atoms with Crippen LogP contribution in [-0.2, 0) is 4.74 Å². The Labute approximate surface area is 226 Å². The minimum atomic E-state index is -0.233. The standard InChI is InChI=1S/C28H29N9O2/c29-18-20-15-21(17-24(16-20)35-11-13-39-14-12-35)26-5-8-30-27(33-26)32-22-1-3-23(4-2-22)37-19-31-28(34-37)36-9-6-25(38)7-10-36/h1-5,8,15-17,19,25,38H,6-7,9-14H2,(H,30,32,33). The number of piperidine rings is 1. The van der Waals surface area contributed by atoms with Gasteiger partial charge in [-0.2, -0.15) is 10.2 Å². The molecular weight excluding hydrogens is 494 g/mol. The van der Waals surface area contributed by atoms with Gasteiger partial charge in [-0.1, -0.05) is 0 Å². The quantitative estimate of drug-likeness (QED) is 0.389. The SMILES string of the molecule is N#Cc1cc(-c2ccnc(Nc3ccc(-n4cnc(N5CCC(O)CC5)n4)cc3)n2)cc(N2CCOCC2)c1. The molecule has 2 aliphatic heterocycles. The highest BCUT2D eigenvalue weighted by molar-refractivity contribution is 5.70. The summed E-state index contributed by atoms with van der Waals surface area (Å²) in [6.45, 7) is 4.44. The van der Waals surface area contributed by atoms with E-state index in [4.69, 9.17) is 9.72 Å². The first-order valence-electron chi connectivity index (χ1n) is 13.1. The Bertz CT molecular complexity index is 1470. The summed E-state index contributed by atoms with van der Waals surface area (Å²) in [5.74, 6) is 1.14. The molecule has 0 saturated carbocycles. The molecular formula is C28H29N9O2. The van der Waals surface area contributed by atoms with Crippen LogP contribution in [0, 0.1) is 11.3 Å². The van der Waals surface area contributed by atoms with E-state index in [9.17, 15) is 10.4 Å². The topological polar surface area (TPSA) is 128 Å². The van der Waals surface area contributed by atoms with Crippen LogP contribution in [0.25, 0.3) is 16.9 Å². The van der Waals surface area contributed by atoms with Gasteiger partial charge in [-0.25, -0.2) is 14.6 Å². The number of rotatable bonds is 6. The number of nitrogens with zero attached hydrogens (tertiary/aromatic N) is 8. The summed E-state index contributed by atoms with van der Waals surface area (Å²) in [4.78, 5) is 17.9. The minimum absolute atomic E-state index is 0.233. The van der Waals surface area contributed by atoms with Crippen LogP contribution in [0.3, 0.4) is 0 Å². The zero-order valence-corrected chi connectivity index (χ0v) is 21.4. The van der Waals surface area contributed by atoms with Crippen LogP contribution in [0.5, 0.6) is 0 Å². The summed E-state index contributed by atoms with van der Waals surface area (Å²) in [6.07, 6.45) is 4.65. The maximum absolute atomic E-state index is 9.74. The Kier molecular flexibility index (Phi) is 7.03. The van der Waals surface area contributed by atoms with Gasteiger partial charge in [0, 0.05) is 49.3 Å². The predicted molar refractivity (Wildman–Crippen MR) is 147 cm³/mol. The summed E-state index contributed by atoms with van der Waals surface area (Å²) in [5.41, 5.74) is 4.89. The monoisotopic (exact) mass is 523 g/mol. The second kappa shape index (κ2) is 11.1. The fraction of sp³-hybridized carbons (Fsp3) is 0.321. The molecule has 2 aliphatic rings. The Morgan fingerprint density at radius 3 is 2.49 bits per heavy atom. The average molecular weight is 524 g/mol. The van der Waals surface area contributed by atoms with Crippen molar-refractivity contribution in [2.75, 3.05) is 54.5 Å². The Morgan fingerprint density at radius 1 is 0.923 bits per heavy atom. The fourth-order valence-electron chi connectivity index (χ4n) is 4.82. The van der Waals surface area contributed by atoms with E-state index in [1.807, 2.05) is 42.5 Å². The number of morpholine rings is 1. The fourth-order valence-corrected chi connectivity index (χ4v) is 4.82. The van der Waals surface area contributed by atoms with Gasteiger partial charge < -0.3 is 25.0 Å². The molecule has 4 aromatic rings. The van der Waals surface area contributed by atoms with Crippen molar-refractivity contribution < 1.29 is 9.84 Å². The van der Waals surface area contributed by atoms with Gasteiger partial charge in [-0.05, 0) is 61.4 Å². The van der Waals surface area contributed by atoms with E-state index in [2.05, 4.69) is 42.3 Å². The molecule has 2 aromatic carbocycles. The number of hydrogen-bond donors (Lipinski definition) is 2. The van der Waals surface area contributed by atoms with Crippen molar-refractivity contribution in [2.45, 2.75) is 18.9 Å². The van der Waals surface area contributed by atoms with Crippen molar-refractivity contribution in [1.82, 2.24) is 24.7 Å². The molecule has 0 bridgehead atoms. The Hall–Kier alpha value is -4.53. The van der Waals surface area contributed by atoms with E-state index in [-0.39, 0.29) is 6.10 Å². The van der Waals surface area contributed by atoms with E-state index in [0.717, 1.165) is 67.3 Å². The molecule has 11 heteroatoms. The van der Waals surface area contributed by atoms with E-state index in [0.29, 0.717) is 30.7 Å². The van der Waals surface area contributed by atoms with Gasteiger partial charge in [0.2, 0.25) is 11.9 Å². The molecule has 0 aliphatic carbocycles. The molecule has 39 heavy (non-hydrogen) atoms. The Morgan fingerprint density at radius 2 is 1.72 bits per heavy atom. The van der Waals surface area contributed by atoms with E-state index >= 15 is 0 Å². The molecule has 2 aromatic heterocycles. The van der Waals surface area contributed by atoms with Crippen LogP contribution < -0.4 is 15.1 Å². The maximum atomic E-state index is 9.74. The zero-order chi connectivity index (χ0) is 26.6. The normalized spacial score (nSPS) is 16.2. The molecule has 0 atom stereocenters. The lowest BCUT2D eigenvalue weighted by Crippen LogP contribution is -2.36. The molecule has 6 rings (SSSR count). The lowest BCUT2D eigenvalue weighted by atomic mass is 10.1. The summed E-state index contributed by atoms with van der Waals surface area (Å²) >= 11 is 0. The van der Waals surface area contributed by atoms with Gasteiger partial charge in [-0.3, -0.25) is 0 Å². The number of ether oxygens (including phenoxy) is 1. The molecule has 0 radical (unpaired) electrons. The van der Waals surface area contributed by atoms with E-state index in [1.165, 1.54) is 0 Å². The third-order valence-corrected chi connectivity index (χ3v) is 6.99. The number of aromatic nitrogens is 5. The van der Waals surface area contributed by atoms with Gasteiger partial charge >= 0.3 is 0 Å². The van der Waals surface area contributed by atoms with Gasteiger partial charge in [0.05, 0.1) is 42.3 Å². The molecule has 2 fully saturated rings. The lowest BCUT2D eigenvalue weighted by molar-refractivity contribution is 0.122. The highest BCUT2D eigenvalue weighted by atomic mass is 16.5. The number of hydrogen-bond acceptors (Lipinski definition) is 10. The van der Waals surface area contributed by atoms with Crippen LogP contribution in [-0.4, -0.2) is 75.3 Å². The number of benzene rings is 2. The van der Waals surface area contributed by atoms with Crippen LogP contribution in [0.1, 0.15) is 18.4 Å². The number of nitrogens with one attached hydrogen (secondary N) is 1. The van der Waals surface area contributed by atoms with Crippen LogP contribution in [0.15, 0.2) is 61.1 Å². The highest BCUT2D eigenvalue weighted by Gasteiger charge is 2.20. The summed E-state index contributed by atoms with van der Waals surface area (Å²) in [6, 6.07) is 17.7. The molecule has 0 unspecified atom stereocenters. The van der Waals surface area contributed by atoms with Crippen LogP contribution >= 0.6 is 0 Å². The average Bonchev–Trinajstić information content (AvgIpc) is 3.49. The first-order chi connectivity index (χ1) is 19.1. The summed E-state index contributed by atoms with van der Waals surface area (Å²) < 4.78 is 7.22. The number of anilines is 4. The van der Waals surface area contributed by atoms with E-state index < -0.39 is 0 Å². The van der Waals surface area contributed by atoms with Crippen molar-refractivity contribution >= 4 is 23.3 Å². The lowest BCUT2D eigenvalue weighted by Gasteiger charge is -2.29. The molecule has 2 saturated heterocycles. The highest BCUT2D eigenvalue weighted by Crippen LogP contribution is 2.27. The predicted octanol–water partition coefficient (Wildman–Crippen LogP) is 3.14. The van der Waals surface area contributed by atoms with Crippen LogP contribution in [0.4, 0.5) is 23.3 Å². The third kappa shape index (κ3) is 5.67. The smallest absolute Gasteiger partial charge is 0.245 e. The van der Waals surface area contributed by atoms with Crippen LogP contribution in [0.2, 0.25) is 0 Å².